The van der Waals surface area contributed by atoms with Gasteiger partial charge in [-0.05, 0) is 33.0 Å². The topological polar surface area (TPSA) is 18.5 Å². The van der Waals surface area contributed by atoms with Gasteiger partial charge in [-0.15, -0.1) is 0 Å². The van der Waals surface area contributed by atoms with Crippen LogP contribution in [0.25, 0.3) is 0 Å². The van der Waals surface area contributed by atoms with E-state index in [4.69, 9.17) is 0 Å². The van der Waals surface area contributed by atoms with Crippen molar-refractivity contribution in [2.24, 2.45) is 5.92 Å². The molecule has 17 heavy (non-hydrogen) atoms. The molecule has 100 valence electrons. The molecule has 0 aliphatic carbocycles. The number of likely N-dealkylation sites (N-methyl/N-ethyl adjacent to an activating group) is 1. The maximum Gasteiger partial charge on any atom is 0.0254 e. The average Bonchev–Trinajstić information content (AvgIpc) is 2.69. The largest absolute Gasteiger partial charge is 0.312 e. The van der Waals surface area contributed by atoms with Crippen LogP contribution in [-0.4, -0.2) is 73.7 Å². The van der Waals surface area contributed by atoms with Gasteiger partial charge in [-0.25, -0.2) is 0 Å². The van der Waals surface area contributed by atoms with Gasteiger partial charge in [0.15, 0.2) is 0 Å². The maximum absolute atomic E-state index is 3.63. The molecule has 0 bridgehead atoms. The molecule has 3 nitrogen and oxygen atoms in total. The van der Waals surface area contributed by atoms with Crippen LogP contribution in [0.3, 0.4) is 0 Å². The average molecular weight is 257 g/mol. The molecule has 4 heteroatoms. The van der Waals surface area contributed by atoms with Crippen LogP contribution in [-0.2, 0) is 0 Å². The molecule has 0 spiro atoms. The zero-order valence-electron chi connectivity index (χ0n) is 11.5. The van der Waals surface area contributed by atoms with Gasteiger partial charge >= 0.3 is 0 Å². The molecule has 3 unspecified atom stereocenters. The molecular weight excluding hydrogens is 230 g/mol. The zero-order chi connectivity index (χ0) is 12.3. The second-order valence-corrected chi connectivity index (χ2v) is 6.93. The Morgan fingerprint density at radius 2 is 2.18 bits per heavy atom. The monoisotopic (exact) mass is 257 g/mol. The van der Waals surface area contributed by atoms with Crippen molar-refractivity contribution in [2.75, 3.05) is 51.8 Å². The Kier molecular flexibility index (Phi) is 5.15. The Balaban J connectivity index is 1.70. The van der Waals surface area contributed by atoms with E-state index >= 15 is 0 Å². The third-order valence-corrected chi connectivity index (χ3v) is 5.23. The van der Waals surface area contributed by atoms with Gasteiger partial charge in [0.1, 0.15) is 0 Å². The highest BCUT2D eigenvalue weighted by Gasteiger charge is 2.30. The molecule has 2 fully saturated rings. The Morgan fingerprint density at radius 1 is 1.35 bits per heavy atom. The number of hydrogen-bond donors (Lipinski definition) is 1. The highest BCUT2D eigenvalue weighted by atomic mass is 32.2. The van der Waals surface area contributed by atoms with Gasteiger partial charge in [-0.3, -0.25) is 0 Å². The van der Waals surface area contributed by atoms with E-state index in [1.54, 1.807) is 0 Å². The minimum atomic E-state index is 0.752. The number of nitrogens with zero attached hydrogens (tertiary/aromatic N) is 2. The van der Waals surface area contributed by atoms with Crippen molar-refractivity contribution in [3.63, 3.8) is 0 Å². The lowest BCUT2D eigenvalue weighted by Gasteiger charge is -2.26. The van der Waals surface area contributed by atoms with Crippen molar-refractivity contribution in [1.82, 2.24) is 15.1 Å². The Morgan fingerprint density at radius 3 is 2.76 bits per heavy atom. The van der Waals surface area contributed by atoms with Crippen LogP contribution in [0.2, 0.25) is 0 Å². The number of thioether (sulfide) groups is 1. The summed E-state index contributed by atoms with van der Waals surface area (Å²) in [6, 6.07) is 1.51. The van der Waals surface area contributed by atoms with Gasteiger partial charge < -0.3 is 15.1 Å². The van der Waals surface area contributed by atoms with Gasteiger partial charge in [0.25, 0.3) is 0 Å². The van der Waals surface area contributed by atoms with Crippen LogP contribution in [0.15, 0.2) is 0 Å². The van der Waals surface area contributed by atoms with E-state index in [2.05, 4.69) is 47.9 Å². The Labute approximate surface area is 110 Å². The lowest BCUT2D eigenvalue weighted by Crippen LogP contribution is -2.40. The Hall–Kier alpha value is 0.230. The summed E-state index contributed by atoms with van der Waals surface area (Å²) in [6.45, 7) is 7.40. The first-order chi connectivity index (χ1) is 8.16. The molecule has 2 saturated heterocycles. The number of nitrogens with one attached hydrogen (secondary N) is 1. The lowest BCUT2D eigenvalue weighted by molar-refractivity contribution is 0.249. The first-order valence-corrected chi connectivity index (χ1v) is 8.02. The number of rotatable bonds is 4. The summed E-state index contributed by atoms with van der Waals surface area (Å²) in [4.78, 5) is 5.04. The molecule has 2 aliphatic heterocycles. The molecule has 0 aromatic heterocycles. The number of hydrogen-bond acceptors (Lipinski definition) is 4. The van der Waals surface area contributed by atoms with E-state index in [-0.39, 0.29) is 0 Å². The quantitative estimate of drug-likeness (QED) is 0.808. The molecule has 2 rings (SSSR count). The molecular formula is C13H27N3S. The molecule has 3 atom stereocenters. The van der Waals surface area contributed by atoms with Crippen LogP contribution in [0, 0.1) is 5.92 Å². The molecule has 0 aromatic carbocycles. The van der Waals surface area contributed by atoms with Crippen LogP contribution in [0.5, 0.6) is 0 Å². The Bertz CT molecular complexity index is 229. The predicted octanol–water partition coefficient (Wildman–Crippen LogP) is 0.963. The fourth-order valence-corrected chi connectivity index (χ4v) is 4.04. The van der Waals surface area contributed by atoms with E-state index in [1.807, 2.05) is 0 Å². The molecule has 1 N–H and O–H groups in total. The highest BCUT2D eigenvalue weighted by Crippen LogP contribution is 2.20. The van der Waals surface area contributed by atoms with Crippen molar-refractivity contribution < 1.29 is 0 Å². The maximum atomic E-state index is 3.63. The summed E-state index contributed by atoms with van der Waals surface area (Å²) < 4.78 is 0. The first-order valence-electron chi connectivity index (χ1n) is 6.86. The van der Waals surface area contributed by atoms with Crippen LogP contribution in [0.1, 0.15) is 13.3 Å². The van der Waals surface area contributed by atoms with Crippen LogP contribution >= 0.6 is 11.8 Å². The van der Waals surface area contributed by atoms with E-state index in [0.717, 1.165) is 18.0 Å². The van der Waals surface area contributed by atoms with E-state index in [0.29, 0.717) is 0 Å². The normalized spacial score (nSPS) is 35.6. The molecule has 2 aliphatic rings. The van der Waals surface area contributed by atoms with Gasteiger partial charge in [-0.2, -0.15) is 11.8 Å². The van der Waals surface area contributed by atoms with Crippen LogP contribution in [0.4, 0.5) is 0 Å². The molecule has 0 saturated carbocycles. The third-order valence-electron chi connectivity index (χ3n) is 4.10. The van der Waals surface area contributed by atoms with Gasteiger partial charge in [0, 0.05) is 43.2 Å². The minimum absolute atomic E-state index is 0.752. The first kappa shape index (κ1) is 13.7. The van der Waals surface area contributed by atoms with E-state index in [1.165, 1.54) is 44.1 Å². The SMILES string of the molecule is CC1CN(CCC2CSCCN2)CC1N(C)C. The van der Waals surface area contributed by atoms with Crippen LogP contribution < -0.4 is 5.32 Å². The molecule has 0 amide bonds. The van der Waals surface area contributed by atoms with Crippen molar-refractivity contribution >= 4 is 11.8 Å². The van der Waals surface area contributed by atoms with Gasteiger partial charge in [-0.1, -0.05) is 6.92 Å². The third kappa shape index (κ3) is 3.85. The van der Waals surface area contributed by atoms with Crippen molar-refractivity contribution in [1.29, 1.82) is 0 Å². The summed E-state index contributed by atoms with van der Waals surface area (Å²) in [5.74, 6) is 3.42. The predicted molar refractivity (Wildman–Crippen MR) is 76.8 cm³/mol. The zero-order valence-corrected chi connectivity index (χ0v) is 12.3. The van der Waals surface area contributed by atoms with Crippen molar-refractivity contribution in [3.8, 4) is 0 Å². The summed E-state index contributed by atoms with van der Waals surface area (Å²) in [5.41, 5.74) is 0. The van der Waals surface area contributed by atoms with E-state index < -0.39 is 0 Å². The second kappa shape index (κ2) is 6.41. The van der Waals surface area contributed by atoms with Crippen molar-refractivity contribution in [2.45, 2.75) is 25.4 Å². The van der Waals surface area contributed by atoms with Gasteiger partial charge in [0.2, 0.25) is 0 Å². The molecule has 0 radical (unpaired) electrons. The highest BCUT2D eigenvalue weighted by molar-refractivity contribution is 7.99. The molecule has 2 heterocycles. The van der Waals surface area contributed by atoms with E-state index in [9.17, 15) is 0 Å². The summed E-state index contributed by atoms with van der Waals surface area (Å²) >= 11 is 2.10. The number of likely N-dealkylation sites (tertiary alicyclic amines) is 1. The summed E-state index contributed by atoms with van der Waals surface area (Å²) in [7, 11) is 4.42. The summed E-state index contributed by atoms with van der Waals surface area (Å²) in [5, 5.41) is 3.63. The smallest absolute Gasteiger partial charge is 0.0254 e. The van der Waals surface area contributed by atoms with Crippen molar-refractivity contribution in [3.05, 3.63) is 0 Å². The molecule has 0 aromatic rings. The van der Waals surface area contributed by atoms with Gasteiger partial charge in [0.05, 0.1) is 0 Å². The summed E-state index contributed by atoms with van der Waals surface area (Å²) in [6.07, 6.45) is 1.32. The lowest BCUT2D eigenvalue weighted by atomic mass is 10.1. The fourth-order valence-electron chi connectivity index (χ4n) is 3.05. The fraction of sp³-hybridized carbons (Fsp3) is 1.00. The standard InChI is InChI=1S/C13H27N3S/c1-11-8-16(9-13(11)15(2)3)6-4-12-10-17-7-5-14-12/h11-14H,4-10H2,1-3H3. The minimum Gasteiger partial charge on any atom is -0.312 e. The second-order valence-electron chi connectivity index (χ2n) is 5.78.